The van der Waals surface area contributed by atoms with Gasteiger partial charge in [0.1, 0.15) is 23.9 Å². The molecule has 1 fully saturated rings. The summed E-state index contributed by atoms with van der Waals surface area (Å²) in [5.41, 5.74) is 3.87. The van der Waals surface area contributed by atoms with Crippen LogP contribution >= 0.6 is 0 Å². The molecule has 0 amide bonds. The normalized spacial score (nSPS) is 16.2. The van der Waals surface area contributed by atoms with Gasteiger partial charge in [0, 0.05) is 42.7 Å². The molecule has 9 nitrogen and oxygen atoms in total. The number of anilines is 2. The van der Waals surface area contributed by atoms with E-state index in [9.17, 15) is 0 Å². The molecule has 2 N–H and O–H groups in total. The predicted octanol–water partition coefficient (Wildman–Crippen LogP) is 3.02. The lowest BCUT2D eigenvalue weighted by molar-refractivity contribution is 0.278. The van der Waals surface area contributed by atoms with Gasteiger partial charge in [-0.1, -0.05) is 0 Å². The fourth-order valence-electron chi connectivity index (χ4n) is 4.06. The molecule has 0 spiro atoms. The first-order valence-corrected chi connectivity index (χ1v) is 10.5. The summed E-state index contributed by atoms with van der Waals surface area (Å²) < 4.78 is 9.81. The molecule has 31 heavy (non-hydrogen) atoms. The van der Waals surface area contributed by atoms with Crippen molar-refractivity contribution in [3.63, 3.8) is 0 Å². The van der Waals surface area contributed by atoms with E-state index < -0.39 is 0 Å². The summed E-state index contributed by atoms with van der Waals surface area (Å²) >= 11 is 0. The van der Waals surface area contributed by atoms with Crippen molar-refractivity contribution < 1.29 is 4.74 Å². The fourth-order valence-corrected chi connectivity index (χ4v) is 4.06. The largest absolute Gasteiger partial charge is 0.488 e. The van der Waals surface area contributed by atoms with E-state index >= 15 is 0 Å². The Bertz CT molecular complexity index is 1200. The van der Waals surface area contributed by atoms with E-state index in [4.69, 9.17) is 4.74 Å². The third kappa shape index (κ3) is 4.09. The molecule has 4 aromatic heterocycles. The SMILES string of the molecule is Cc1cc(Nc2cc3cc(-c4c(OCC5CCCN5)cnn4C)ccn3n2)nc(C)n1. The van der Waals surface area contributed by atoms with Crippen LogP contribution in [0.5, 0.6) is 5.75 Å². The van der Waals surface area contributed by atoms with Gasteiger partial charge in [0.2, 0.25) is 0 Å². The van der Waals surface area contributed by atoms with Crippen LogP contribution < -0.4 is 15.4 Å². The topological polar surface area (TPSA) is 94.2 Å². The van der Waals surface area contributed by atoms with Crippen LogP contribution in [-0.4, -0.2) is 48.6 Å². The molecule has 0 aromatic carbocycles. The van der Waals surface area contributed by atoms with Crippen molar-refractivity contribution in [3.8, 4) is 17.0 Å². The molecule has 4 aromatic rings. The highest BCUT2D eigenvalue weighted by Crippen LogP contribution is 2.31. The first-order chi connectivity index (χ1) is 15.0. The van der Waals surface area contributed by atoms with Crippen LogP contribution in [0.3, 0.4) is 0 Å². The standard InChI is InChI=1S/C22H26N8O/c1-14-9-20(26-15(2)25-14)27-21-11-18-10-16(6-8-30(18)28-21)22-19(12-24-29(22)3)31-13-17-5-4-7-23-17/h6,8-12,17,23H,4-5,7,13H2,1-3H3,(H,25,26,27,28). The number of ether oxygens (including phenoxy) is 1. The van der Waals surface area contributed by atoms with Crippen molar-refractivity contribution >= 4 is 17.2 Å². The zero-order chi connectivity index (χ0) is 21.4. The maximum absolute atomic E-state index is 6.12. The average molecular weight is 419 g/mol. The van der Waals surface area contributed by atoms with Crippen molar-refractivity contribution in [2.45, 2.75) is 32.7 Å². The van der Waals surface area contributed by atoms with Crippen LogP contribution in [0.4, 0.5) is 11.6 Å². The van der Waals surface area contributed by atoms with E-state index in [0.29, 0.717) is 12.6 Å². The van der Waals surface area contributed by atoms with Gasteiger partial charge in [-0.05, 0) is 45.4 Å². The van der Waals surface area contributed by atoms with Gasteiger partial charge in [-0.2, -0.15) is 10.2 Å². The lowest BCUT2D eigenvalue weighted by Gasteiger charge is -2.13. The summed E-state index contributed by atoms with van der Waals surface area (Å²) in [6.07, 6.45) is 6.09. The molecule has 160 valence electrons. The van der Waals surface area contributed by atoms with E-state index in [-0.39, 0.29) is 0 Å². The van der Waals surface area contributed by atoms with Gasteiger partial charge in [0.25, 0.3) is 0 Å². The van der Waals surface area contributed by atoms with Gasteiger partial charge in [-0.3, -0.25) is 4.68 Å². The van der Waals surface area contributed by atoms with Crippen LogP contribution in [0.2, 0.25) is 0 Å². The Balaban J connectivity index is 1.40. The number of aryl methyl sites for hydroxylation is 3. The van der Waals surface area contributed by atoms with E-state index in [1.165, 1.54) is 6.42 Å². The lowest BCUT2D eigenvalue weighted by atomic mass is 10.1. The predicted molar refractivity (Wildman–Crippen MR) is 119 cm³/mol. The Morgan fingerprint density at radius 3 is 2.90 bits per heavy atom. The molecular formula is C22H26N8O. The van der Waals surface area contributed by atoms with Crippen LogP contribution in [0.15, 0.2) is 36.7 Å². The molecule has 5 rings (SSSR count). The Morgan fingerprint density at radius 2 is 2.10 bits per heavy atom. The van der Waals surface area contributed by atoms with Gasteiger partial charge >= 0.3 is 0 Å². The summed E-state index contributed by atoms with van der Waals surface area (Å²) in [4.78, 5) is 8.74. The summed E-state index contributed by atoms with van der Waals surface area (Å²) in [6, 6.07) is 8.43. The highest BCUT2D eigenvalue weighted by Gasteiger charge is 2.18. The summed E-state index contributed by atoms with van der Waals surface area (Å²) in [7, 11) is 1.93. The maximum Gasteiger partial charge on any atom is 0.165 e. The first kappa shape index (κ1) is 19.5. The molecule has 1 aliphatic rings. The smallest absolute Gasteiger partial charge is 0.165 e. The third-order valence-corrected chi connectivity index (χ3v) is 5.47. The zero-order valence-electron chi connectivity index (χ0n) is 18.0. The quantitative estimate of drug-likeness (QED) is 0.497. The molecule has 0 aliphatic carbocycles. The van der Waals surface area contributed by atoms with Crippen molar-refractivity contribution in [3.05, 3.63) is 48.2 Å². The Labute approximate surface area is 180 Å². The monoisotopic (exact) mass is 418 g/mol. The molecule has 9 heteroatoms. The van der Waals surface area contributed by atoms with Gasteiger partial charge in [-0.25, -0.2) is 14.5 Å². The van der Waals surface area contributed by atoms with Crippen LogP contribution in [0, 0.1) is 13.8 Å². The molecule has 0 bridgehead atoms. The van der Waals surface area contributed by atoms with Gasteiger partial charge in [0.05, 0.1) is 11.7 Å². The van der Waals surface area contributed by atoms with Crippen molar-refractivity contribution in [1.82, 2.24) is 34.7 Å². The Kier molecular flexibility index (Phi) is 5.03. The summed E-state index contributed by atoms with van der Waals surface area (Å²) in [6.45, 7) is 5.55. The highest BCUT2D eigenvalue weighted by atomic mass is 16.5. The zero-order valence-corrected chi connectivity index (χ0v) is 18.0. The van der Waals surface area contributed by atoms with Crippen molar-refractivity contribution in [2.75, 3.05) is 18.5 Å². The molecule has 1 saturated heterocycles. The molecule has 1 unspecified atom stereocenters. The Hall–Kier alpha value is -3.46. The number of nitrogens with one attached hydrogen (secondary N) is 2. The lowest BCUT2D eigenvalue weighted by Crippen LogP contribution is -2.28. The fraction of sp³-hybridized carbons (Fsp3) is 0.364. The maximum atomic E-state index is 6.12. The second-order valence-corrected chi connectivity index (χ2v) is 7.97. The molecule has 0 saturated carbocycles. The molecule has 0 radical (unpaired) electrons. The van der Waals surface area contributed by atoms with E-state index in [1.54, 1.807) is 6.20 Å². The Morgan fingerprint density at radius 1 is 1.19 bits per heavy atom. The van der Waals surface area contributed by atoms with E-state index in [1.807, 2.05) is 54.5 Å². The molecular weight excluding hydrogens is 392 g/mol. The number of pyridine rings is 1. The van der Waals surface area contributed by atoms with Crippen LogP contribution in [-0.2, 0) is 7.05 Å². The van der Waals surface area contributed by atoms with Crippen molar-refractivity contribution in [2.24, 2.45) is 7.05 Å². The minimum Gasteiger partial charge on any atom is -0.488 e. The van der Waals surface area contributed by atoms with Gasteiger partial charge in [-0.15, -0.1) is 0 Å². The van der Waals surface area contributed by atoms with E-state index in [0.717, 1.165) is 58.6 Å². The number of fused-ring (bicyclic) bond motifs is 1. The molecule has 1 atom stereocenters. The third-order valence-electron chi connectivity index (χ3n) is 5.47. The number of aromatic nitrogens is 6. The second-order valence-electron chi connectivity index (χ2n) is 7.97. The summed E-state index contributed by atoms with van der Waals surface area (Å²) in [5.74, 6) is 2.98. The highest BCUT2D eigenvalue weighted by molar-refractivity contribution is 5.72. The molecule has 1 aliphatic heterocycles. The van der Waals surface area contributed by atoms with Gasteiger partial charge in [0.15, 0.2) is 11.6 Å². The van der Waals surface area contributed by atoms with Crippen LogP contribution in [0.1, 0.15) is 24.4 Å². The number of hydrogen-bond donors (Lipinski definition) is 2. The number of rotatable bonds is 6. The van der Waals surface area contributed by atoms with E-state index in [2.05, 4.69) is 36.9 Å². The number of hydrogen-bond acceptors (Lipinski definition) is 7. The van der Waals surface area contributed by atoms with Gasteiger partial charge < -0.3 is 15.4 Å². The number of nitrogens with zero attached hydrogens (tertiary/aromatic N) is 6. The first-order valence-electron chi connectivity index (χ1n) is 10.5. The second kappa shape index (κ2) is 7.99. The summed E-state index contributed by atoms with van der Waals surface area (Å²) in [5, 5.41) is 15.8. The van der Waals surface area contributed by atoms with Crippen molar-refractivity contribution in [1.29, 1.82) is 0 Å². The van der Waals surface area contributed by atoms with Crippen LogP contribution in [0.25, 0.3) is 16.8 Å². The average Bonchev–Trinajstić information content (AvgIpc) is 3.44. The minimum atomic E-state index is 0.410. The molecule has 5 heterocycles. The minimum absolute atomic E-state index is 0.410.